The van der Waals surface area contributed by atoms with Gasteiger partial charge in [0.05, 0.1) is 11.8 Å². The number of likely N-dealkylation sites (tertiary alicyclic amines) is 1. The summed E-state index contributed by atoms with van der Waals surface area (Å²) in [6.07, 6.45) is 3.66. The Balaban J connectivity index is 1.34. The van der Waals surface area contributed by atoms with Crippen LogP contribution in [0.3, 0.4) is 0 Å². The quantitative estimate of drug-likeness (QED) is 0.832. The van der Waals surface area contributed by atoms with Crippen molar-refractivity contribution in [3.05, 3.63) is 18.2 Å². The number of imide groups is 1. The van der Waals surface area contributed by atoms with Crippen LogP contribution in [-0.2, 0) is 14.4 Å². The average molecular weight is 358 g/mol. The fourth-order valence-electron chi connectivity index (χ4n) is 4.01. The molecule has 0 radical (unpaired) electrons. The average Bonchev–Trinajstić information content (AvgIpc) is 2.91. The third-order valence-corrected chi connectivity index (χ3v) is 5.32. The molecule has 2 fully saturated rings. The van der Waals surface area contributed by atoms with Crippen LogP contribution < -0.4 is 14.8 Å². The van der Waals surface area contributed by atoms with Crippen LogP contribution >= 0.6 is 0 Å². The van der Waals surface area contributed by atoms with Crippen molar-refractivity contribution < 1.29 is 23.9 Å². The molecule has 2 heterocycles. The van der Waals surface area contributed by atoms with Crippen molar-refractivity contribution in [2.75, 3.05) is 25.1 Å². The molecule has 138 valence electrons. The van der Waals surface area contributed by atoms with Crippen LogP contribution in [0, 0.1) is 11.8 Å². The standard InChI is InChI=1S/C19H22N2O5/c22-17(20-12-5-6-15-16(11-12)26-10-9-25-15)7-8-21-18(23)13-3-1-2-4-14(13)19(21)24/h5-6,11,13-14H,1-4,7-10H2,(H,20,22)/t13-,14-/m1/s1. The zero-order chi connectivity index (χ0) is 18.1. The zero-order valence-corrected chi connectivity index (χ0v) is 14.5. The molecule has 2 atom stereocenters. The van der Waals surface area contributed by atoms with Crippen molar-refractivity contribution in [1.29, 1.82) is 0 Å². The van der Waals surface area contributed by atoms with Crippen LogP contribution in [-0.4, -0.2) is 42.4 Å². The van der Waals surface area contributed by atoms with Crippen molar-refractivity contribution in [3.63, 3.8) is 0 Å². The lowest BCUT2D eigenvalue weighted by molar-refractivity contribution is -0.140. The first kappa shape index (κ1) is 16.9. The number of nitrogens with zero attached hydrogens (tertiary/aromatic N) is 1. The molecule has 4 rings (SSSR count). The lowest BCUT2D eigenvalue weighted by atomic mass is 9.81. The summed E-state index contributed by atoms with van der Waals surface area (Å²) in [5.41, 5.74) is 0.604. The molecular weight excluding hydrogens is 336 g/mol. The van der Waals surface area contributed by atoms with Crippen molar-refractivity contribution in [2.24, 2.45) is 11.8 Å². The molecular formula is C19H22N2O5. The minimum atomic E-state index is -0.239. The van der Waals surface area contributed by atoms with E-state index in [1.165, 1.54) is 4.90 Å². The second-order valence-corrected chi connectivity index (χ2v) is 6.98. The molecule has 0 spiro atoms. The molecule has 1 saturated heterocycles. The van der Waals surface area contributed by atoms with Gasteiger partial charge in [-0.2, -0.15) is 0 Å². The highest BCUT2D eigenvalue weighted by atomic mass is 16.6. The van der Waals surface area contributed by atoms with Gasteiger partial charge in [-0.05, 0) is 25.0 Å². The van der Waals surface area contributed by atoms with Crippen LogP contribution in [0.25, 0.3) is 0 Å². The van der Waals surface area contributed by atoms with Gasteiger partial charge in [-0.3, -0.25) is 19.3 Å². The van der Waals surface area contributed by atoms with Gasteiger partial charge in [0.25, 0.3) is 0 Å². The number of hydrogen-bond donors (Lipinski definition) is 1. The molecule has 3 aliphatic rings. The highest BCUT2D eigenvalue weighted by Crippen LogP contribution is 2.38. The SMILES string of the molecule is O=C(CCN1C(=O)[C@@H]2CCCC[C@H]2C1=O)Nc1ccc2c(c1)OCCO2. The topological polar surface area (TPSA) is 84.9 Å². The van der Waals surface area contributed by atoms with E-state index < -0.39 is 0 Å². The molecule has 1 aromatic rings. The van der Waals surface area contributed by atoms with Crippen LogP contribution in [0.5, 0.6) is 11.5 Å². The maximum absolute atomic E-state index is 12.4. The Bertz CT molecular complexity index is 723. The third kappa shape index (κ3) is 3.13. The van der Waals surface area contributed by atoms with Crippen LogP contribution in [0.4, 0.5) is 5.69 Å². The van der Waals surface area contributed by atoms with Crippen LogP contribution in [0.15, 0.2) is 18.2 Å². The van der Waals surface area contributed by atoms with Crippen molar-refractivity contribution in [3.8, 4) is 11.5 Å². The second kappa shape index (κ2) is 6.97. The number of amides is 3. The predicted molar refractivity (Wildman–Crippen MR) is 92.8 cm³/mol. The molecule has 1 aliphatic carbocycles. The Morgan fingerprint density at radius 1 is 1.04 bits per heavy atom. The van der Waals surface area contributed by atoms with E-state index in [4.69, 9.17) is 9.47 Å². The third-order valence-electron chi connectivity index (χ3n) is 5.32. The Morgan fingerprint density at radius 2 is 1.69 bits per heavy atom. The van der Waals surface area contributed by atoms with Gasteiger partial charge in [0.2, 0.25) is 17.7 Å². The molecule has 2 aliphatic heterocycles. The molecule has 7 heteroatoms. The number of nitrogens with one attached hydrogen (secondary N) is 1. The second-order valence-electron chi connectivity index (χ2n) is 6.98. The van der Waals surface area contributed by atoms with Gasteiger partial charge in [0.1, 0.15) is 13.2 Å². The molecule has 0 unspecified atom stereocenters. The molecule has 0 aromatic heterocycles. The molecule has 0 bridgehead atoms. The first-order valence-electron chi connectivity index (χ1n) is 9.18. The lowest BCUT2D eigenvalue weighted by Gasteiger charge is -2.19. The first-order chi connectivity index (χ1) is 12.6. The smallest absolute Gasteiger partial charge is 0.233 e. The molecule has 1 saturated carbocycles. The maximum atomic E-state index is 12.4. The summed E-state index contributed by atoms with van der Waals surface area (Å²) in [6.45, 7) is 1.13. The summed E-state index contributed by atoms with van der Waals surface area (Å²) in [5.74, 6) is 0.471. The minimum Gasteiger partial charge on any atom is -0.486 e. The Kier molecular flexibility index (Phi) is 4.53. The Hall–Kier alpha value is -2.57. The fraction of sp³-hybridized carbons (Fsp3) is 0.526. The number of fused-ring (bicyclic) bond motifs is 2. The number of rotatable bonds is 4. The number of ether oxygens (including phenoxy) is 2. The molecule has 7 nitrogen and oxygen atoms in total. The number of benzene rings is 1. The van der Waals surface area contributed by atoms with E-state index in [-0.39, 0.29) is 42.5 Å². The highest BCUT2D eigenvalue weighted by molar-refractivity contribution is 6.05. The molecule has 1 N–H and O–H groups in total. The van der Waals surface area contributed by atoms with Gasteiger partial charge in [0.15, 0.2) is 11.5 Å². The van der Waals surface area contributed by atoms with Crippen molar-refractivity contribution >= 4 is 23.4 Å². The summed E-state index contributed by atoms with van der Waals surface area (Å²) in [4.78, 5) is 38.4. The number of carbonyl (C=O) groups excluding carboxylic acids is 3. The lowest BCUT2D eigenvalue weighted by Crippen LogP contribution is -2.34. The summed E-state index contributed by atoms with van der Waals surface area (Å²) >= 11 is 0. The maximum Gasteiger partial charge on any atom is 0.233 e. The van der Waals surface area contributed by atoms with E-state index in [1.807, 2.05) is 0 Å². The molecule has 3 amide bonds. The fourth-order valence-corrected chi connectivity index (χ4v) is 4.01. The van der Waals surface area contributed by atoms with Gasteiger partial charge in [-0.15, -0.1) is 0 Å². The summed E-state index contributed by atoms with van der Waals surface area (Å²) in [6, 6.07) is 5.21. The Labute approximate surface area is 151 Å². The van der Waals surface area contributed by atoms with Gasteiger partial charge in [0, 0.05) is 24.7 Å². The predicted octanol–water partition coefficient (Wildman–Crippen LogP) is 1.96. The summed E-state index contributed by atoms with van der Waals surface area (Å²) in [7, 11) is 0. The Morgan fingerprint density at radius 3 is 2.38 bits per heavy atom. The molecule has 1 aromatic carbocycles. The van der Waals surface area contributed by atoms with Gasteiger partial charge in [-0.1, -0.05) is 12.8 Å². The van der Waals surface area contributed by atoms with E-state index in [9.17, 15) is 14.4 Å². The number of carbonyl (C=O) groups is 3. The summed E-state index contributed by atoms with van der Waals surface area (Å²) in [5, 5.41) is 2.78. The first-order valence-corrected chi connectivity index (χ1v) is 9.18. The molecule has 26 heavy (non-hydrogen) atoms. The minimum absolute atomic E-state index is 0.0887. The highest BCUT2D eigenvalue weighted by Gasteiger charge is 2.47. The van der Waals surface area contributed by atoms with E-state index in [0.29, 0.717) is 30.4 Å². The van der Waals surface area contributed by atoms with E-state index in [1.54, 1.807) is 18.2 Å². The van der Waals surface area contributed by atoms with Crippen molar-refractivity contribution in [1.82, 2.24) is 4.90 Å². The zero-order valence-electron chi connectivity index (χ0n) is 14.5. The van der Waals surface area contributed by atoms with E-state index in [2.05, 4.69) is 5.32 Å². The van der Waals surface area contributed by atoms with Crippen LogP contribution in [0.2, 0.25) is 0 Å². The monoisotopic (exact) mass is 358 g/mol. The van der Waals surface area contributed by atoms with E-state index >= 15 is 0 Å². The summed E-state index contributed by atoms with van der Waals surface area (Å²) < 4.78 is 10.9. The number of anilines is 1. The van der Waals surface area contributed by atoms with Crippen molar-refractivity contribution in [2.45, 2.75) is 32.1 Å². The van der Waals surface area contributed by atoms with E-state index in [0.717, 1.165) is 25.7 Å². The normalized spacial score (nSPS) is 24.4. The van der Waals surface area contributed by atoms with Crippen LogP contribution in [0.1, 0.15) is 32.1 Å². The number of hydrogen-bond acceptors (Lipinski definition) is 5. The van der Waals surface area contributed by atoms with Gasteiger partial charge >= 0.3 is 0 Å². The van der Waals surface area contributed by atoms with Gasteiger partial charge < -0.3 is 14.8 Å². The largest absolute Gasteiger partial charge is 0.486 e. The van der Waals surface area contributed by atoms with Gasteiger partial charge in [-0.25, -0.2) is 0 Å².